The van der Waals surface area contributed by atoms with Crippen molar-refractivity contribution in [2.75, 3.05) is 13.2 Å². The smallest absolute Gasteiger partial charge is 0.315 e. The molecular formula is C6H9F2NO2. The van der Waals surface area contributed by atoms with E-state index in [-0.39, 0.29) is 0 Å². The van der Waals surface area contributed by atoms with Gasteiger partial charge in [0, 0.05) is 0 Å². The average Bonchev–Trinajstić information content (AvgIpc) is 1.84. The van der Waals surface area contributed by atoms with E-state index >= 15 is 0 Å². The molecule has 0 bridgehead atoms. The monoisotopic (exact) mass is 165 g/mol. The van der Waals surface area contributed by atoms with Crippen LogP contribution in [0.25, 0.3) is 0 Å². The maximum absolute atomic E-state index is 11.7. The first-order valence-electron chi connectivity index (χ1n) is 3.21. The van der Waals surface area contributed by atoms with Crippen LogP contribution < -0.4 is 5.32 Å². The summed E-state index contributed by atoms with van der Waals surface area (Å²) in [7, 11) is 0. The van der Waals surface area contributed by atoms with E-state index in [4.69, 9.17) is 4.74 Å². The zero-order valence-electron chi connectivity index (χ0n) is 6.06. The number of nitrogens with one attached hydrogen (secondary N) is 1. The Morgan fingerprint density at radius 2 is 2.18 bits per heavy atom. The van der Waals surface area contributed by atoms with Crippen molar-refractivity contribution in [2.45, 2.75) is 18.9 Å². The lowest BCUT2D eigenvalue weighted by Gasteiger charge is -2.38. The molecule has 0 radical (unpaired) electrons. The number of amides is 1. The summed E-state index contributed by atoms with van der Waals surface area (Å²) in [4.78, 5) is 10.4. The van der Waals surface area contributed by atoms with Crippen molar-refractivity contribution in [1.82, 2.24) is 5.32 Å². The molecule has 0 spiro atoms. The molecule has 1 heterocycles. The van der Waals surface area contributed by atoms with Crippen LogP contribution in [-0.2, 0) is 9.53 Å². The predicted octanol–water partition coefficient (Wildman–Crippen LogP) is 0.157. The summed E-state index contributed by atoms with van der Waals surface area (Å²) in [6.07, 6.45) is -2.94. The molecule has 0 aliphatic carbocycles. The van der Waals surface area contributed by atoms with E-state index in [1.54, 1.807) is 6.92 Å². The maximum Gasteiger partial charge on any atom is 0.315 e. The highest BCUT2D eigenvalue weighted by atomic mass is 19.3. The Kier molecular flexibility index (Phi) is 2.08. The number of carbonyl (C=O) groups is 1. The minimum absolute atomic E-state index is 0.311. The Morgan fingerprint density at radius 3 is 2.45 bits per heavy atom. The molecule has 1 saturated heterocycles. The van der Waals surface area contributed by atoms with Crippen molar-refractivity contribution >= 4 is 5.91 Å². The molecule has 1 N–H and O–H groups in total. The Labute approximate surface area is 62.7 Å². The molecule has 0 aromatic rings. The molecule has 0 atom stereocenters. The Hall–Kier alpha value is -0.710. The molecule has 0 unspecified atom stereocenters. The fourth-order valence-corrected chi connectivity index (χ4v) is 0.832. The first kappa shape index (κ1) is 8.39. The van der Waals surface area contributed by atoms with Gasteiger partial charge in [0.2, 0.25) is 0 Å². The van der Waals surface area contributed by atoms with Crippen LogP contribution in [0.4, 0.5) is 8.78 Å². The molecule has 5 heteroatoms. The number of ether oxygens (including phenoxy) is 1. The molecule has 64 valence electrons. The van der Waals surface area contributed by atoms with Crippen molar-refractivity contribution in [3.8, 4) is 0 Å². The van der Waals surface area contributed by atoms with E-state index in [2.05, 4.69) is 5.32 Å². The number of carbonyl (C=O) groups excluding carboxylic acids is 1. The van der Waals surface area contributed by atoms with Crippen molar-refractivity contribution < 1.29 is 18.3 Å². The van der Waals surface area contributed by atoms with E-state index in [9.17, 15) is 13.6 Å². The minimum Gasteiger partial charge on any atom is -0.376 e. The second-order valence-corrected chi connectivity index (χ2v) is 2.84. The predicted molar refractivity (Wildman–Crippen MR) is 33.4 cm³/mol. The molecule has 1 fully saturated rings. The zero-order chi connectivity index (χ0) is 8.48. The number of halogens is 2. The quantitative estimate of drug-likeness (QED) is 0.632. The van der Waals surface area contributed by atoms with Crippen LogP contribution in [0.5, 0.6) is 0 Å². The molecule has 1 aliphatic rings. The largest absolute Gasteiger partial charge is 0.376 e. The third-order valence-corrected chi connectivity index (χ3v) is 1.46. The van der Waals surface area contributed by atoms with Crippen molar-refractivity contribution in [1.29, 1.82) is 0 Å². The summed E-state index contributed by atoms with van der Waals surface area (Å²) in [6, 6.07) is 0. The maximum atomic E-state index is 11.7. The highest BCUT2D eigenvalue weighted by Crippen LogP contribution is 2.15. The first-order chi connectivity index (χ1) is 5.03. The van der Waals surface area contributed by atoms with Gasteiger partial charge in [0.1, 0.15) is 0 Å². The van der Waals surface area contributed by atoms with Crippen LogP contribution in [0.3, 0.4) is 0 Å². The molecule has 0 saturated carbocycles. The summed E-state index contributed by atoms with van der Waals surface area (Å²) >= 11 is 0. The molecule has 0 aromatic heterocycles. The topological polar surface area (TPSA) is 38.3 Å². The van der Waals surface area contributed by atoms with E-state index in [1.807, 2.05) is 0 Å². The molecular weight excluding hydrogens is 156 g/mol. The molecule has 3 nitrogen and oxygen atoms in total. The van der Waals surface area contributed by atoms with Gasteiger partial charge < -0.3 is 10.1 Å². The average molecular weight is 165 g/mol. The Bertz CT molecular complexity index is 168. The van der Waals surface area contributed by atoms with Crippen LogP contribution >= 0.6 is 0 Å². The van der Waals surface area contributed by atoms with Gasteiger partial charge in [0.15, 0.2) is 0 Å². The Balaban J connectivity index is 2.35. The standard InChI is InChI=1S/C6H9F2NO2/c1-6(2-11-3-6)9-5(10)4(7)8/h4H,2-3H2,1H3,(H,9,10). The fourth-order valence-electron chi connectivity index (χ4n) is 0.832. The second kappa shape index (κ2) is 2.73. The molecule has 1 aliphatic heterocycles. The number of hydrogen-bond donors (Lipinski definition) is 1. The van der Waals surface area contributed by atoms with Gasteiger partial charge in [0.25, 0.3) is 5.91 Å². The van der Waals surface area contributed by atoms with Gasteiger partial charge in [-0.05, 0) is 6.92 Å². The van der Waals surface area contributed by atoms with Crippen LogP contribution in [-0.4, -0.2) is 31.1 Å². The van der Waals surface area contributed by atoms with E-state index in [0.717, 1.165) is 0 Å². The van der Waals surface area contributed by atoms with Gasteiger partial charge in [-0.3, -0.25) is 4.79 Å². The molecule has 11 heavy (non-hydrogen) atoms. The van der Waals surface area contributed by atoms with Crippen molar-refractivity contribution in [3.05, 3.63) is 0 Å². The van der Waals surface area contributed by atoms with Crippen LogP contribution in [0.15, 0.2) is 0 Å². The lowest BCUT2D eigenvalue weighted by atomic mass is 10.0. The molecule has 1 rings (SSSR count). The second-order valence-electron chi connectivity index (χ2n) is 2.84. The van der Waals surface area contributed by atoms with E-state index < -0.39 is 17.9 Å². The minimum atomic E-state index is -2.94. The van der Waals surface area contributed by atoms with Crippen LogP contribution in [0.2, 0.25) is 0 Å². The summed E-state index contributed by atoms with van der Waals surface area (Å²) in [5.74, 6) is -1.23. The van der Waals surface area contributed by atoms with Gasteiger partial charge in [0.05, 0.1) is 18.8 Å². The van der Waals surface area contributed by atoms with Gasteiger partial charge in [-0.15, -0.1) is 0 Å². The van der Waals surface area contributed by atoms with Gasteiger partial charge in [-0.25, -0.2) is 0 Å². The normalized spacial score (nSPS) is 21.1. The van der Waals surface area contributed by atoms with Crippen LogP contribution in [0, 0.1) is 0 Å². The highest BCUT2D eigenvalue weighted by Gasteiger charge is 2.36. The van der Waals surface area contributed by atoms with Crippen molar-refractivity contribution in [3.63, 3.8) is 0 Å². The van der Waals surface area contributed by atoms with Gasteiger partial charge in [-0.1, -0.05) is 0 Å². The SMILES string of the molecule is CC1(NC(=O)C(F)F)COC1. The van der Waals surface area contributed by atoms with Gasteiger partial charge >= 0.3 is 6.43 Å². The van der Waals surface area contributed by atoms with Crippen LogP contribution in [0.1, 0.15) is 6.92 Å². The summed E-state index contributed by atoms with van der Waals surface area (Å²) < 4.78 is 28.1. The highest BCUT2D eigenvalue weighted by molar-refractivity contribution is 5.80. The third-order valence-electron chi connectivity index (χ3n) is 1.46. The van der Waals surface area contributed by atoms with E-state index in [0.29, 0.717) is 13.2 Å². The zero-order valence-corrected chi connectivity index (χ0v) is 6.06. The Morgan fingerprint density at radius 1 is 1.64 bits per heavy atom. The summed E-state index contributed by atoms with van der Waals surface area (Å²) in [5.41, 5.74) is -0.576. The summed E-state index contributed by atoms with van der Waals surface area (Å²) in [5, 5.41) is 2.18. The molecule has 0 aromatic carbocycles. The third kappa shape index (κ3) is 1.86. The number of alkyl halides is 2. The number of rotatable bonds is 2. The van der Waals surface area contributed by atoms with Gasteiger partial charge in [-0.2, -0.15) is 8.78 Å². The van der Waals surface area contributed by atoms with Crippen molar-refractivity contribution in [2.24, 2.45) is 0 Å². The molecule has 1 amide bonds. The first-order valence-corrected chi connectivity index (χ1v) is 3.21. The van der Waals surface area contributed by atoms with E-state index in [1.165, 1.54) is 0 Å². The fraction of sp³-hybridized carbons (Fsp3) is 0.833. The lowest BCUT2D eigenvalue weighted by molar-refractivity contribution is -0.141. The summed E-state index contributed by atoms with van der Waals surface area (Å²) in [6.45, 7) is 2.29. The lowest BCUT2D eigenvalue weighted by Crippen LogP contribution is -2.60. The number of hydrogen-bond acceptors (Lipinski definition) is 2.